The van der Waals surface area contributed by atoms with Crippen molar-refractivity contribution >= 4 is 10.8 Å². The van der Waals surface area contributed by atoms with Gasteiger partial charge in [-0.3, -0.25) is 5.84 Å². The third kappa shape index (κ3) is 2.31. The smallest absolute Gasteiger partial charge is 0.0716 e. The summed E-state index contributed by atoms with van der Waals surface area (Å²) in [6.07, 6.45) is 0. The van der Waals surface area contributed by atoms with Gasteiger partial charge in [-0.05, 0) is 28.8 Å². The second kappa shape index (κ2) is 5.45. The number of hydrogen-bond acceptors (Lipinski definition) is 2. The molecule has 0 heterocycles. The van der Waals surface area contributed by atoms with E-state index in [1.54, 1.807) is 0 Å². The highest BCUT2D eigenvalue weighted by atomic mass is 15.2. The van der Waals surface area contributed by atoms with Crippen molar-refractivity contribution in [3.8, 4) is 0 Å². The Hall–Kier alpha value is -2.16. The zero-order valence-electron chi connectivity index (χ0n) is 11.5. The molecule has 0 spiro atoms. The summed E-state index contributed by atoms with van der Waals surface area (Å²) in [6.45, 7) is 2.10. The SMILES string of the molecule is Cc1cccc(C(NN)c2cccc3ccccc23)c1. The van der Waals surface area contributed by atoms with Crippen LogP contribution in [0.5, 0.6) is 0 Å². The molecule has 0 radical (unpaired) electrons. The molecule has 0 amide bonds. The summed E-state index contributed by atoms with van der Waals surface area (Å²) in [5.74, 6) is 5.83. The molecular formula is C18H18N2. The van der Waals surface area contributed by atoms with E-state index in [9.17, 15) is 0 Å². The summed E-state index contributed by atoms with van der Waals surface area (Å²) in [5.41, 5.74) is 6.58. The van der Waals surface area contributed by atoms with E-state index in [1.165, 1.54) is 27.5 Å². The van der Waals surface area contributed by atoms with Gasteiger partial charge in [-0.25, -0.2) is 5.43 Å². The van der Waals surface area contributed by atoms with Gasteiger partial charge in [0.1, 0.15) is 0 Å². The first kappa shape index (κ1) is 12.9. The van der Waals surface area contributed by atoms with Crippen LogP contribution in [0, 0.1) is 6.92 Å². The van der Waals surface area contributed by atoms with Crippen LogP contribution in [0.25, 0.3) is 10.8 Å². The molecule has 1 unspecified atom stereocenters. The van der Waals surface area contributed by atoms with Gasteiger partial charge >= 0.3 is 0 Å². The van der Waals surface area contributed by atoms with Gasteiger partial charge in [0.2, 0.25) is 0 Å². The van der Waals surface area contributed by atoms with Crippen LogP contribution in [0.2, 0.25) is 0 Å². The van der Waals surface area contributed by atoms with Crippen LogP contribution in [-0.4, -0.2) is 0 Å². The maximum Gasteiger partial charge on any atom is 0.0716 e. The van der Waals surface area contributed by atoms with Gasteiger partial charge in [0.25, 0.3) is 0 Å². The topological polar surface area (TPSA) is 38.0 Å². The summed E-state index contributed by atoms with van der Waals surface area (Å²) < 4.78 is 0. The van der Waals surface area contributed by atoms with E-state index in [1.807, 2.05) is 0 Å². The van der Waals surface area contributed by atoms with Crippen LogP contribution in [0.4, 0.5) is 0 Å². The highest BCUT2D eigenvalue weighted by Crippen LogP contribution is 2.28. The van der Waals surface area contributed by atoms with Gasteiger partial charge in [-0.2, -0.15) is 0 Å². The van der Waals surface area contributed by atoms with Crippen LogP contribution in [0.15, 0.2) is 66.7 Å². The van der Waals surface area contributed by atoms with E-state index in [-0.39, 0.29) is 6.04 Å². The Bertz CT molecular complexity index is 729. The number of hydrogen-bond donors (Lipinski definition) is 2. The van der Waals surface area contributed by atoms with Crippen molar-refractivity contribution < 1.29 is 0 Å². The van der Waals surface area contributed by atoms with Crippen molar-refractivity contribution in [2.75, 3.05) is 0 Å². The fraction of sp³-hybridized carbons (Fsp3) is 0.111. The Labute approximate surface area is 119 Å². The quantitative estimate of drug-likeness (QED) is 0.558. The predicted octanol–water partition coefficient (Wildman–Crippen LogP) is 3.70. The van der Waals surface area contributed by atoms with Crippen molar-refractivity contribution in [1.82, 2.24) is 5.43 Å². The Morgan fingerprint density at radius 2 is 1.65 bits per heavy atom. The monoisotopic (exact) mass is 262 g/mol. The lowest BCUT2D eigenvalue weighted by molar-refractivity contribution is 0.640. The maximum absolute atomic E-state index is 5.83. The van der Waals surface area contributed by atoms with Crippen molar-refractivity contribution in [2.24, 2.45) is 5.84 Å². The number of rotatable bonds is 3. The van der Waals surface area contributed by atoms with Crippen LogP contribution in [0.1, 0.15) is 22.7 Å². The zero-order valence-corrected chi connectivity index (χ0v) is 11.5. The molecule has 1 atom stereocenters. The first-order chi connectivity index (χ1) is 9.79. The Morgan fingerprint density at radius 3 is 2.45 bits per heavy atom. The minimum atomic E-state index is 0.000926. The zero-order chi connectivity index (χ0) is 13.9. The fourth-order valence-electron chi connectivity index (χ4n) is 2.72. The van der Waals surface area contributed by atoms with Crippen molar-refractivity contribution in [3.63, 3.8) is 0 Å². The molecule has 100 valence electrons. The van der Waals surface area contributed by atoms with E-state index in [0.29, 0.717) is 0 Å². The third-order valence-electron chi connectivity index (χ3n) is 3.68. The predicted molar refractivity (Wildman–Crippen MR) is 84.3 cm³/mol. The molecule has 0 bridgehead atoms. The molecule has 3 N–H and O–H groups in total. The van der Waals surface area contributed by atoms with Crippen LogP contribution < -0.4 is 11.3 Å². The van der Waals surface area contributed by atoms with Crippen LogP contribution in [-0.2, 0) is 0 Å². The number of benzene rings is 3. The van der Waals surface area contributed by atoms with E-state index < -0.39 is 0 Å². The van der Waals surface area contributed by atoms with Gasteiger partial charge < -0.3 is 0 Å². The lowest BCUT2D eigenvalue weighted by Crippen LogP contribution is -2.29. The van der Waals surface area contributed by atoms with E-state index in [2.05, 4.69) is 79.1 Å². The number of aryl methyl sites for hydroxylation is 1. The maximum atomic E-state index is 5.83. The van der Waals surface area contributed by atoms with Gasteiger partial charge in [0.15, 0.2) is 0 Å². The molecule has 0 aromatic heterocycles. The Balaban J connectivity index is 2.17. The summed E-state index contributed by atoms with van der Waals surface area (Å²) in [5, 5.41) is 2.47. The summed E-state index contributed by atoms with van der Waals surface area (Å²) in [6, 6.07) is 23.2. The third-order valence-corrected chi connectivity index (χ3v) is 3.68. The molecule has 0 saturated heterocycles. The van der Waals surface area contributed by atoms with Gasteiger partial charge in [0.05, 0.1) is 6.04 Å². The summed E-state index contributed by atoms with van der Waals surface area (Å²) >= 11 is 0. The van der Waals surface area contributed by atoms with Gasteiger partial charge in [-0.1, -0.05) is 72.3 Å². The Morgan fingerprint density at radius 1 is 0.900 bits per heavy atom. The molecule has 0 aliphatic rings. The molecular weight excluding hydrogens is 244 g/mol. The largest absolute Gasteiger partial charge is 0.271 e. The molecule has 0 aliphatic carbocycles. The fourth-order valence-corrected chi connectivity index (χ4v) is 2.72. The molecule has 0 fully saturated rings. The molecule has 3 rings (SSSR count). The normalized spacial score (nSPS) is 12.5. The van der Waals surface area contributed by atoms with Crippen LogP contribution >= 0.6 is 0 Å². The molecule has 20 heavy (non-hydrogen) atoms. The van der Waals surface area contributed by atoms with E-state index >= 15 is 0 Å². The van der Waals surface area contributed by atoms with Gasteiger partial charge in [-0.15, -0.1) is 0 Å². The molecule has 2 heteroatoms. The van der Waals surface area contributed by atoms with Crippen molar-refractivity contribution in [1.29, 1.82) is 0 Å². The average molecular weight is 262 g/mol. The molecule has 3 aromatic rings. The average Bonchev–Trinajstić information content (AvgIpc) is 2.48. The second-order valence-corrected chi connectivity index (χ2v) is 5.08. The van der Waals surface area contributed by atoms with E-state index in [4.69, 9.17) is 5.84 Å². The molecule has 0 saturated carbocycles. The molecule has 2 nitrogen and oxygen atoms in total. The van der Waals surface area contributed by atoms with Crippen molar-refractivity contribution in [3.05, 3.63) is 83.4 Å². The van der Waals surface area contributed by atoms with Crippen molar-refractivity contribution in [2.45, 2.75) is 13.0 Å². The summed E-state index contributed by atoms with van der Waals surface area (Å²) in [4.78, 5) is 0. The standard InChI is InChI=1S/C18H18N2/c1-13-6-4-9-15(12-13)18(20-19)17-11-5-8-14-7-2-3-10-16(14)17/h2-12,18,20H,19H2,1H3. The molecule has 3 aromatic carbocycles. The number of fused-ring (bicyclic) bond motifs is 1. The first-order valence-electron chi connectivity index (χ1n) is 6.80. The number of nitrogens with one attached hydrogen (secondary N) is 1. The summed E-state index contributed by atoms with van der Waals surface area (Å²) in [7, 11) is 0. The molecule has 0 aliphatic heterocycles. The highest BCUT2D eigenvalue weighted by Gasteiger charge is 2.14. The number of nitrogens with two attached hydrogens (primary N) is 1. The van der Waals surface area contributed by atoms with E-state index in [0.717, 1.165) is 0 Å². The van der Waals surface area contributed by atoms with Crippen LogP contribution in [0.3, 0.4) is 0 Å². The first-order valence-corrected chi connectivity index (χ1v) is 6.80. The lowest BCUT2D eigenvalue weighted by atomic mass is 9.93. The minimum Gasteiger partial charge on any atom is -0.271 e. The highest BCUT2D eigenvalue weighted by molar-refractivity contribution is 5.86. The number of hydrazine groups is 1. The van der Waals surface area contributed by atoms with Gasteiger partial charge in [0, 0.05) is 0 Å². The Kier molecular flexibility index (Phi) is 3.50. The minimum absolute atomic E-state index is 0.000926. The lowest BCUT2D eigenvalue weighted by Gasteiger charge is -2.19. The second-order valence-electron chi connectivity index (χ2n) is 5.08.